The third-order valence-electron chi connectivity index (χ3n) is 5.01. The van der Waals surface area contributed by atoms with Gasteiger partial charge in [-0.2, -0.15) is 0 Å². The van der Waals surface area contributed by atoms with Crippen LogP contribution in [0.3, 0.4) is 0 Å². The van der Waals surface area contributed by atoms with E-state index in [0.29, 0.717) is 11.4 Å². The Morgan fingerprint density at radius 1 is 1.06 bits per heavy atom. The average Bonchev–Trinajstić information content (AvgIpc) is 2.80. The van der Waals surface area contributed by atoms with Gasteiger partial charge in [-0.1, -0.05) is 53.8 Å². The summed E-state index contributed by atoms with van der Waals surface area (Å²) < 4.78 is 6.94. The maximum atomic E-state index is 13.3. The maximum Gasteiger partial charge on any atom is 0.335 e. The quantitative estimate of drug-likeness (QED) is 0.299. The minimum atomic E-state index is -1.11. The second-order valence-corrected chi connectivity index (χ2v) is 9.48. The zero-order chi connectivity index (χ0) is 24.8. The number of hydrogen-bond donors (Lipinski definition) is 2. The Morgan fingerprint density at radius 2 is 1.68 bits per heavy atom. The predicted octanol–water partition coefficient (Wildman–Crippen LogP) is 2.86. The number of nitrogens with one attached hydrogen (secondary N) is 1. The van der Waals surface area contributed by atoms with E-state index in [1.165, 1.54) is 4.57 Å². The van der Waals surface area contributed by atoms with E-state index in [9.17, 15) is 19.5 Å². The lowest BCUT2D eigenvalue weighted by Crippen LogP contribution is -2.51. The summed E-state index contributed by atoms with van der Waals surface area (Å²) in [6, 6.07) is 14.8. The Morgan fingerprint density at radius 3 is 2.24 bits per heavy atom. The number of benzene rings is 2. The first-order chi connectivity index (χ1) is 16.2. The van der Waals surface area contributed by atoms with E-state index in [1.54, 1.807) is 46.9 Å². The van der Waals surface area contributed by atoms with Gasteiger partial charge >= 0.3 is 17.3 Å². The fourth-order valence-corrected chi connectivity index (χ4v) is 3.63. The Labute approximate surface area is 209 Å². The van der Waals surface area contributed by atoms with E-state index >= 15 is 0 Å². The monoisotopic (exact) mass is 578 g/mol. The van der Waals surface area contributed by atoms with Gasteiger partial charge in [0, 0.05) is 0 Å². The molecule has 180 valence electrons. The molecule has 1 atom stereocenters. The fourth-order valence-electron chi connectivity index (χ4n) is 3.24. The summed E-state index contributed by atoms with van der Waals surface area (Å²) in [7, 11) is 0. The molecule has 0 radical (unpaired) electrons. The molecule has 2 aromatic carbocycles. The van der Waals surface area contributed by atoms with E-state index in [1.807, 2.05) is 38.1 Å². The third-order valence-corrected chi connectivity index (χ3v) is 5.93. The summed E-state index contributed by atoms with van der Waals surface area (Å²) in [5.41, 5.74) is 1.25. The van der Waals surface area contributed by atoms with Gasteiger partial charge in [0.2, 0.25) is 5.62 Å². The highest BCUT2D eigenvalue weighted by molar-refractivity contribution is 14.1. The predicted molar refractivity (Wildman–Crippen MR) is 137 cm³/mol. The topological polar surface area (TPSA) is 119 Å². The molecule has 34 heavy (non-hydrogen) atoms. The number of carboxylic acid groups (broad SMARTS) is 1. The lowest BCUT2D eigenvalue weighted by Gasteiger charge is -2.13. The lowest BCUT2D eigenvalue weighted by molar-refractivity contribution is -0.136. The van der Waals surface area contributed by atoms with Crippen LogP contribution in [-0.2, 0) is 24.3 Å². The molecular formula is C24H27IN4O5. The molecule has 0 saturated carbocycles. The van der Waals surface area contributed by atoms with E-state index in [2.05, 4.69) is 16.9 Å². The zero-order valence-electron chi connectivity index (χ0n) is 19.2. The van der Waals surface area contributed by atoms with Crippen molar-refractivity contribution in [3.8, 4) is 5.75 Å². The number of aromatic nitrogens is 3. The molecule has 0 fully saturated rings. The second-order valence-electron chi connectivity index (χ2n) is 7.98. The van der Waals surface area contributed by atoms with Gasteiger partial charge in [0.1, 0.15) is 9.67 Å². The number of ether oxygens (including phenoxy) is 1. The summed E-state index contributed by atoms with van der Waals surface area (Å²) in [5, 5.41) is 9.23. The van der Waals surface area contributed by atoms with Crippen LogP contribution in [0.4, 0.5) is 5.69 Å². The van der Waals surface area contributed by atoms with Crippen LogP contribution in [0.15, 0.2) is 63.1 Å². The minimum absolute atomic E-state index is 0.0283. The number of halogens is 1. The largest absolute Gasteiger partial charge is 0.491 e. The Bertz CT molecular complexity index is 1320. The molecule has 0 saturated heterocycles. The average molecular weight is 578 g/mol. The van der Waals surface area contributed by atoms with Crippen LogP contribution >= 0.6 is 22.6 Å². The molecule has 3 rings (SSSR count). The lowest BCUT2D eigenvalue weighted by atomic mass is 10.1. The third kappa shape index (κ3) is 6.46. The number of aromatic amines is 1. The number of hydrogen-bond acceptors (Lipinski definition) is 5. The van der Waals surface area contributed by atoms with Gasteiger partial charge in [0.25, 0.3) is 0 Å². The van der Waals surface area contributed by atoms with E-state index in [0.717, 1.165) is 22.1 Å². The van der Waals surface area contributed by atoms with Gasteiger partial charge in [-0.25, -0.2) is 19.1 Å². The Hall–Kier alpha value is -3.15. The summed E-state index contributed by atoms with van der Waals surface area (Å²) in [6.07, 6.45) is 0.919. The van der Waals surface area contributed by atoms with Gasteiger partial charge in [-0.15, -0.1) is 0 Å². The molecule has 1 aromatic heterocycles. The first-order valence-electron chi connectivity index (χ1n) is 10.9. The van der Waals surface area contributed by atoms with Gasteiger partial charge < -0.3 is 9.84 Å². The van der Waals surface area contributed by atoms with E-state index < -0.39 is 21.3 Å². The van der Waals surface area contributed by atoms with Crippen molar-refractivity contribution in [2.45, 2.75) is 50.3 Å². The van der Waals surface area contributed by atoms with Crippen molar-refractivity contribution >= 4 is 34.2 Å². The van der Waals surface area contributed by atoms with Gasteiger partial charge in [-0.3, -0.25) is 14.3 Å². The molecule has 1 heterocycles. The maximum absolute atomic E-state index is 13.3. The van der Waals surface area contributed by atoms with Crippen LogP contribution in [0.25, 0.3) is 0 Å². The molecule has 0 amide bonds. The molecule has 0 aliphatic rings. The molecule has 2 N–H and O–H groups in total. The fraction of sp³-hybridized carbons (Fsp3) is 0.333. The zero-order valence-corrected chi connectivity index (χ0v) is 21.4. The Kier molecular flexibility index (Phi) is 8.48. The number of carboxylic acids is 1. The van der Waals surface area contributed by atoms with Crippen molar-refractivity contribution < 1.29 is 14.6 Å². The smallest absolute Gasteiger partial charge is 0.335 e. The molecule has 0 spiro atoms. The van der Waals surface area contributed by atoms with Crippen molar-refractivity contribution in [1.29, 1.82) is 0 Å². The molecular weight excluding hydrogens is 551 g/mol. The first kappa shape index (κ1) is 25.5. The number of rotatable bonds is 9. The van der Waals surface area contributed by atoms with Gasteiger partial charge in [0.05, 0.1) is 24.9 Å². The van der Waals surface area contributed by atoms with Crippen molar-refractivity contribution in [3.05, 3.63) is 86.2 Å². The number of aliphatic carboxylic acids is 1. The number of H-pyrrole nitrogens is 1. The standard InChI is InChI=1S/C24H27IN4O5/c1-4-16-5-7-17(8-6-16)13-28-22(26-18-9-11-19(12-10-18)34-15(2)3)27-23(32)29(24(28)33)14-20(25)21(30)31/h5-12,15,20H,4,13-14H2,1-3H3,(H,30,31)(H,26,27,32)/t20-/m0/s1. The molecule has 9 nitrogen and oxygen atoms in total. The number of carbonyl (C=O) groups is 1. The number of alkyl halides is 1. The number of nitrogens with zero attached hydrogens (tertiary/aromatic N) is 3. The normalized spacial score (nSPS) is 12.7. The van der Waals surface area contributed by atoms with Crippen molar-refractivity contribution in [2.24, 2.45) is 4.99 Å². The molecule has 10 heteroatoms. The molecule has 0 bridgehead atoms. The van der Waals surface area contributed by atoms with Crippen LogP contribution in [0.5, 0.6) is 5.75 Å². The van der Waals surface area contributed by atoms with E-state index in [4.69, 9.17) is 4.74 Å². The van der Waals surface area contributed by atoms with Crippen molar-refractivity contribution in [2.75, 3.05) is 0 Å². The summed E-state index contributed by atoms with van der Waals surface area (Å²) in [6.45, 7) is 5.81. The summed E-state index contributed by atoms with van der Waals surface area (Å²) in [4.78, 5) is 44.4. The number of aryl methyl sites for hydroxylation is 1. The highest BCUT2D eigenvalue weighted by Crippen LogP contribution is 2.18. The molecule has 0 unspecified atom stereocenters. The van der Waals surface area contributed by atoms with Crippen LogP contribution < -0.4 is 21.7 Å². The Balaban J connectivity index is 2.11. The minimum Gasteiger partial charge on any atom is -0.491 e. The van der Waals surface area contributed by atoms with Crippen LogP contribution in [-0.4, -0.2) is 35.2 Å². The van der Waals surface area contributed by atoms with Crippen LogP contribution in [0.1, 0.15) is 31.9 Å². The van der Waals surface area contributed by atoms with Crippen LogP contribution in [0.2, 0.25) is 0 Å². The SMILES string of the molecule is CCc1ccc(Cn2c(=O)n(C[C@H](I)C(=O)O)c(=O)[nH]/c2=N\c2ccc(OC(C)C)cc2)cc1. The first-order valence-corrected chi connectivity index (χ1v) is 12.1. The van der Waals surface area contributed by atoms with Gasteiger partial charge in [-0.05, 0) is 55.7 Å². The van der Waals surface area contributed by atoms with Gasteiger partial charge in [0.15, 0.2) is 0 Å². The highest BCUT2D eigenvalue weighted by Gasteiger charge is 2.18. The summed E-state index contributed by atoms with van der Waals surface area (Å²) in [5.74, 6) is -0.422. The van der Waals surface area contributed by atoms with E-state index in [-0.39, 0.29) is 24.8 Å². The molecule has 3 aromatic rings. The van der Waals surface area contributed by atoms with Crippen LogP contribution in [0, 0.1) is 0 Å². The molecule has 0 aliphatic heterocycles. The van der Waals surface area contributed by atoms with Crippen molar-refractivity contribution in [1.82, 2.24) is 14.1 Å². The summed E-state index contributed by atoms with van der Waals surface area (Å²) >= 11 is 1.69. The highest BCUT2D eigenvalue weighted by atomic mass is 127. The molecule has 0 aliphatic carbocycles. The second kappa shape index (κ2) is 11.3. The van der Waals surface area contributed by atoms with Crippen molar-refractivity contribution in [3.63, 3.8) is 0 Å².